The van der Waals surface area contributed by atoms with Crippen LogP contribution in [-0.4, -0.2) is 73.4 Å². The van der Waals surface area contributed by atoms with E-state index in [1.54, 1.807) is 6.08 Å². The molecule has 0 aliphatic heterocycles. The standard InChI is InChI=1S/C63H117N2O6P/c1-6-8-10-12-14-16-18-20-21-22-23-24-25-26-27-28-29-30-31-32-33-34-35-36-37-38-39-40-41-42-43-45-47-49-51-53-55-57-63(67)64-61(60-71-72(68,69)70-59-58-65(3,4)5)62(66)56-54-52-50-48-46-44-19-17-15-13-11-9-7-2/h8,10,14,16,20-21,23-24,26-27,54,56,61-62,66H,6-7,9,11-13,15,17-19,22,25,28-53,55,57-60H2,1-5H3,(H-,64,67,68,69)/p+1/b10-8-,16-14-,21-20-,24-23-,27-26-,56-54+. The van der Waals surface area contributed by atoms with E-state index in [0.717, 1.165) is 70.6 Å². The summed E-state index contributed by atoms with van der Waals surface area (Å²) in [4.78, 5) is 23.3. The van der Waals surface area contributed by atoms with Gasteiger partial charge in [0.2, 0.25) is 5.91 Å². The number of hydrogen-bond donors (Lipinski definition) is 3. The van der Waals surface area contributed by atoms with Crippen LogP contribution in [0.4, 0.5) is 0 Å². The lowest BCUT2D eigenvalue weighted by molar-refractivity contribution is -0.870. The molecule has 0 saturated carbocycles. The van der Waals surface area contributed by atoms with E-state index in [-0.39, 0.29) is 19.1 Å². The van der Waals surface area contributed by atoms with Gasteiger partial charge in [-0.25, -0.2) is 4.57 Å². The maximum Gasteiger partial charge on any atom is 0.472 e. The van der Waals surface area contributed by atoms with Gasteiger partial charge in [0.25, 0.3) is 0 Å². The highest BCUT2D eigenvalue weighted by Gasteiger charge is 2.27. The lowest BCUT2D eigenvalue weighted by Crippen LogP contribution is -2.45. The molecule has 72 heavy (non-hydrogen) atoms. The third-order valence-corrected chi connectivity index (χ3v) is 14.4. The van der Waals surface area contributed by atoms with Crippen molar-refractivity contribution < 1.29 is 32.9 Å². The molecule has 1 amide bonds. The Hall–Kier alpha value is -2.06. The Balaban J connectivity index is 3.95. The maximum absolute atomic E-state index is 13.0. The number of nitrogens with zero attached hydrogens (tertiary/aromatic N) is 1. The Labute approximate surface area is 446 Å². The van der Waals surface area contributed by atoms with Crippen LogP contribution in [0.25, 0.3) is 0 Å². The zero-order valence-corrected chi connectivity index (χ0v) is 48.8. The molecule has 0 aliphatic rings. The van der Waals surface area contributed by atoms with Gasteiger partial charge in [0.1, 0.15) is 13.2 Å². The quantitative estimate of drug-likeness (QED) is 0.0243. The van der Waals surface area contributed by atoms with Crippen LogP contribution >= 0.6 is 7.82 Å². The molecule has 3 N–H and O–H groups in total. The smallest absolute Gasteiger partial charge is 0.387 e. The average molecular weight is 1030 g/mol. The van der Waals surface area contributed by atoms with Crippen molar-refractivity contribution >= 4 is 13.7 Å². The molecule has 0 fully saturated rings. The van der Waals surface area contributed by atoms with Crippen LogP contribution in [0, 0.1) is 0 Å². The van der Waals surface area contributed by atoms with Gasteiger partial charge in [0, 0.05) is 6.42 Å². The number of hydrogen-bond acceptors (Lipinski definition) is 5. The van der Waals surface area contributed by atoms with Crippen LogP contribution < -0.4 is 5.32 Å². The molecule has 0 heterocycles. The zero-order valence-electron chi connectivity index (χ0n) is 47.9. The molecule has 0 rings (SSSR count). The van der Waals surface area contributed by atoms with E-state index in [0.29, 0.717) is 17.4 Å². The summed E-state index contributed by atoms with van der Waals surface area (Å²) in [6, 6.07) is -0.846. The van der Waals surface area contributed by atoms with Gasteiger partial charge in [0.05, 0.1) is 39.9 Å². The number of carbonyl (C=O) groups is 1. The number of nitrogens with one attached hydrogen (secondary N) is 1. The number of rotatable bonds is 55. The number of allylic oxidation sites excluding steroid dienone is 11. The first kappa shape index (κ1) is 69.9. The summed E-state index contributed by atoms with van der Waals surface area (Å²) in [6.45, 7) is 4.71. The van der Waals surface area contributed by atoms with Crippen molar-refractivity contribution in [1.29, 1.82) is 0 Å². The molecule has 8 nitrogen and oxygen atoms in total. The average Bonchev–Trinajstić information content (AvgIpc) is 3.34. The summed E-state index contributed by atoms with van der Waals surface area (Å²) in [6.07, 6.45) is 74.5. The Morgan fingerprint density at radius 1 is 0.486 bits per heavy atom. The molecule has 0 saturated heterocycles. The minimum Gasteiger partial charge on any atom is -0.387 e. The van der Waals surface area contributed by atoms with Crippen molar-refractivity contribution in [1.82, 2.24) is 5.32 Å². The van der Waals surface area contributed by atoms with E-state index < -0.39 is 20.0 Å². The molecular formula is C63H118N2O6P+. The van der Waals surface area contributed by atoms with Crippen molar-refractivity contribution in [2.24, 2.45) is 0 Å². The van der Waals surface area contributed by atoms with E-state index in [1.807, 2.05) is 27.2 Å². The van der Waals surface area contributed by atoms with Crippen molar-refractivity contribution in [3.05, 3.63) is 72.9 Å². The molecule has 0 spiro atoms. The largest absolute Gasteiger partial charge is 0.472 e. The summed E-state index contributed by atoms with van der Waals surface area (Å²) in [5.74, 6) is -0.175. The number of quaternary nitrogens is 1. The topological polar surface area (TPSA) is 105 Å². The lowest BCUT2D eigenvalue weighted by atomic mass is 10.0. The van der Waals surface area contributed by atoms with Gasteiger partial charge in [-0.1, -0.05) is 273 Å². The van der Waals surface area contributed by atoms with E-state index in [9.17, 15) is 19.4 Å². The summed E-state index contributed by atoms with van der Waals surface area (Å²) in [5, 5.41) is 13.9. The second-order valence-electron chi connectivity index (χ2n) is 21.7. The minimum absolute atomic E-state index is 0.0615. The van der Waals surface area contributed by atoms with Crippen molar-refractivity contribution in [3.8, 4) is 0 Å². The van der Waals surface area contributed by atoms with Crippen molar-refractivity contribution in [2.45, 2.75) is 283 Å². The molecule has 0 aromatic rings. The fourth-order valence-corrected chi connectivity index (χ4v) is 9.45. The molecule has 0 aromatic carbocycles. The van der Waals surface area contributed by atoms with Gasteiger partial charge in [-0.3, -0.25) is 13.8 Å². The molecule has 0 bridgehead atoms. The molecule has 0 radical (unpaired) electrons. The number of unbranched alkanes of at least 4 members (excludes halogenated alkanes) is 32. The number of phosphoric ester groups is 1. The van der Waals surface area contributed by atoms with Crippen molar-refractivity contribution in [3.63, 3.8) is 0 Å². The Kier molecular flexibility index (Phi) is 52.2. The molecular weight excluding hydrogens is 912 g/mol. The predicted octanol–water partition coefficient (Wildman–Crippen LogP) is 18.7. The molecule has 0 aromatic heterocycles. The van der Waals surface area contributed by atoms with Gasteiger partial charge in [-0.15, -0.1) is 0 Å². The maximum atomic E-state index is 13.0. The van der Waals surface area contributed by atoms with Gasteiger partial charge in [0.15, 0.2) is 0 Å². The fraction of sp³-hybridized carbons (Fsp3) is 0.794. The first-order chi connectivity index (χ1) is 35.0. The second-order valence-corrected chi connectivity index (χ2v) is 23.2. The van der Waals surface area contributed by atoms with Crippen LogP contribution in [0.5, 0.6) is 0 Å². The minimum atomic E-state index is -4.34. The van der Waals surface area contributed by atoms with Crippen LogP contribution in [0.15, 0.2) is 72.9 Å². The highest BCUT2D eigenvalue weighted by atomic mass is 31.2. The van der Waals surface area contributed by atoms with Crippen LogP contribution in [0.1, 0.15) is 271 Å². The first-order valence-electron chi connectivity index (χ1n) is 30.3. The van der Waals surface area contributed by atoms with Crippen molar-refractivity contribution in [2.75, 3.05) is 40.9 Å². The first-order valence-corrected chi connectivity index (χ1v) is 31.8. The Morgan fingerprint density at radius 2 is 0.833 bits per heavy atom. The monoisotopic (exact) mass is 1030 g/mol. The van der Waals surface area contributed by atoms with Crippen LogP contribution in [0.3, 0.4) is 0 Å². The molecule has 3 atom stereocenters. The summed E-state index contributed by atoms with van der Waals surface area (Å²) in [7, 11) is 1.58. The van der Waals surface area contributed by atoms with Crippen LogP contribution in [0.2, 0.25) is 0 Å². The molecule has 420 valence electrons. The number of carbonyl (C=O) groups excluding carboxylic acids is 1. The highest BCUT2D eigenvalue weighted by molar-refractivity contribution is 7.47. The second kappa shape index (κ2) is 53.8. The van der Waals surface area contributed by atoms with Gasteiger partial charge >= 0.3 is 7.82 Å². The predicted molar refractivity (Wildman–Crippen MR) is 313 cm³/mol. The normalized spacial score (nSPS) is 14.4. The van der Waals surface area contributed by atoms with E-state index >= 15 is 0 Å². The van der Waals surface area contributed by atoms with Crippen LogP contribution in [-0.2, 0) is 18.4 Å². The molecule has 3 unspecified atom stereocenters. The molecule has 9 heteroatoms. The summed E-state index contributed by atoms with van der Waals surface area (Å²) < 4.78 is 23.7. The summed E-state index contributed by atoms with van der Waals surface area (Å²) in [5.41, 5.74) is 0. The lowest BCUT2D eigenvalue weighted by Gasteiger charge is -2.25. The fourth-order valence-electron chi connectivity index (χ4n) is 8.72. The third kappa shape index (κ3) is 55.7. The van der Waals surface area contributed by atoms with Gasteiger partial charge in [-0.2, -0.15) is 0 Å². The van der Waals surface area contributed by atoms with E-state index in [1.165, 1.54) is 180 Å². The number of amides is 1. The third-order valence-electron chi connectivity index (χ3n) is 13.4. The SMILES string of the molecule is CC/C=C\C/C=C\C/C=C\C/C=C\C/C=C\CCCCCCCCCCCCCCCCCCCCCCCC(=O)NC(COP(=O)(O)OCC[N+](C)(C)C)C(O)/C=C/CCCCCCCCCCCCC. The van der Waals surface area contributed by atoms with E-state index in [4.69, 9.17) is 9.05 Å². The van der Waals surface area contributed by atoms with E-state index in [2.05, 4.69) is 79.9 Å². The number of aliphatic hydroxyl groups is 1. The zero-order chi connectivity index (χ0) is 52.7. The molecule has 0 aliphatic carbocycles. The summed E-state index contributed by atoms with van der Waals surface area (Å²) >= 11 is 0. The number of likely N-dealkylation sites (N-methyl/N-ethyl adjacent to an activating group) is 1. The Morgan fingerprint density at radius 3 is 1.22 bits per heavy atom. The number of aliphatic hydroxyl groups excluding tert-OH is 1. The van der Waals surface area contributed by atoms with Gasteiger partial charge in [-0.05, 0) is 64.2 Å². The van der Waals surface area contributed by atoms with Gasteiger partial charge < -0.3 is 19.8 Å². The highest BCUT2D eigenvalue weighted by Crippen LogP contribution is 2.43. The number of phosphoric acid groups is 1. The Bertz CT molecular complexity index is 1400.